The van der Waals surface area contributed by atoms with E-state index in [4.69, 9.17) is 0 Å². The molecule has 0 bridgehead atoms. The number of fused-ring (bicyclic) bond motifs is 1. The number of aliphatic hydroxyl groups is 1. The molecule has 0 saturated carbocycles. The van der Waals surface area contributed by atoms with Gasteiger partial charge < -0.3 is 15.1 Å². The Morgan fingerprint density at radius 1 is 1.46 bits per heavy atom. The number of nitrogens with zero attached hydrogens (tertiary/aromatic N) is 3. The Kier molecular flexibility index (Phi) is 4.76. The first-order chi connectivity index (χ1) is 13.3. The first-order valence-electron chi connectivity index (χ1n) is 8.87. The Labute approximate surface area is 170 Å². The van der Waals surface area contributed by atoms with Gasteiger partial charge in [0.2, 0.25) is 5.91 Å². The van der Waals surface area contributed by atoms with Crippen molar-refractivity contribution in [3.63, 3.8) is 0 Å². The second-order valence-corrected chi connectivity index (χ2v) is 9.28. The van der Waals surface area contributed by atoms with Crippen molar-refractivity contribution in [1.29, 1.82) is 0 Å². The first kappa shape index (κ1) is 19.1. The Morgan fingerprint density at radius 2 is 2.21 bits per heavy atom. The molecule has 4 atom stereocenters. The van der Waals surface area contributed by atoms with Gasteiger partial charge in [0.05, 0.1) is 29.3 Å². The van der Waals surface area contributed by atoms with Crippen LogP contribution in [0.2, 0.25) is 0 Å². The molecule has 2 aromatic rings. The van der Waals surface area contributed by atoms with Gasteiger partial charge in [0, 0.05) is 22.3 Å². The SMILES string of the molecule is CC(O)[C@H]1C(=O)N2C(C(=O)O)=C(Sc3nc(-c4ccc[n+](C)c4)cs3)[C@H](C)[C@H]12. The zero-order valence-corrected chi connectivity index (χ0v) is 17.2. The molecule has 0 radical (unpaired) electrons. The maximum atomic E-state index is 12.4. The van der Waals surface area contributed by atoms with Crippen LogP contribution in [0.15, 0.2) is 44.8 Å². The quantitative estimate of drug-likeness (QED) is 0.569. The number of thiazole rings is 1. The molecule has 4 rings (SSSR count). The molecule has 4 heterocycles. The highest BCUT2D eigenvalue weighted by Gasteiger charge is 2.60. The van der Waals surface area contributed by atoms with Crippen LogP contribution in [0.5, 0.6) is 0 Å². The lowest BCUT2D eigenvalue weighted by Gasteiger charge is -2.46. The van der Waals surface area contributed by atoms with Crippen molar-refractivity contribution in [3.8, 4) is 11.3 Å². The van der Waals surface area contributed by atoms with Crippen LogP contribution in [0.3, 0.4) is 0 Å². The van der Waals surface area contributed by atoms with Gasteiger partial charge >= 0.3 is 5.97 Å². The largest absolute Gasteiger partial charge is 0.477 e. The second kappa shape index (κ2) is 6.98. The number of rotatable bonds is 5. The van der Waals surface area contributed by atoms with Crippen molar-refractivity contribution in [2.24, 2.45) is 18.9 Å². The van der Waals surface area contributed by atoms with E-state index in [1.54, 1.807) is 6.92 Å². The molecule has 28 heavy (non-hydrogen) atoms. The van der Waals surface area contributed by atoms with E-state index >= 15 is 0 Å². The zero-order chi connectivity index (χ0) is 20.2. The van der Waals surface area contributed by atoms with Crippen LogP contribution in [0.4, 0.5) is 0 Å². The van der Waals surface area contributed by atoms with E-state index in [0.29, 0.717) is 4.91 Å². The number of β-lactam (4-membered cyclic amide) rings is 1. The van der Waals surface area contributed by atoms with E-state index < -0.39 is 18.0 Å². The van der Waals surface area contributed by atoms with Crippen LogP contribution >= 0.6 is 23.1 Å². The van der Waals surface area contributed by atoms with Gasteiger partial charge in [-0.05, 0) is 13.0 Å². The molecule has 1 fully saturated rings. The van der Waals surface area contributed by atoms with Gasteiger partial charge in [0.25, 0.3) is 0 Å². The number of aromatic nitrogens is 2. The molecule has 0 aliphatic carbocycles. The smallest absolute Gasteiger partial charge is 0.353 e. The molecule has 1 unspecified atom stereocenters. The standard InChI is InChI=1S/C19H19N3O4S2/c1-9-14-13(10(2)23)17(24)22(14)15(18(25)26)16(9)28-19-20-12(8-27-19)11-5-4-6-21(3)7-11/h4-10,13-14,23H,1-3H3/p+1/t9-,10?,13-,14-/m1/s1. The van der Waals surface area contributed by atoms with Crippen LogP contribution in [-0.2, 0) is 16.6 Å². The number of carboxylic acid groups (broad SMARTS) is 1. The summed E-state index contributed by atoms with van der Waals surface area (Å²) in [5.74, 6) is -2.17. The molecule has 9 heteroatoms. The maximum absolute atomic E-state index is 12.4. The predicted molar refractivity (Wildman–Crippen MR) is 104 cm³/mol. The van der Waals surface area contributed by atoms with E-state index in [0.717, 1.165) is 15.6 Å². The summed E-state index contributed by atoms with van der Waals surface area (Å²) in [5, 5.41) is 21.6. The summed E-state index contributed by atoms with van der Waals surface area (Å²) in [6.07, 6.45) is 3.11. The summed E-state index contributed by atoms with van der Waals surface area (Å²) < 4.78 is 2.67. The summed E-state index contributed by atoms with van der Waals surface area (Å²) in [5.41, 5.74) is 1.83. The van der Waals surface area contributed by atoms with Crippen LogP contribution < -0.4 is 4.57 Å². The summed E-state index contributed by atoms with van der Waals surface area (Å²) in [4.78, 5) is 30.9. The Balaban J connectivity index is 1.64. The lowest BCUT2D eigenvalue weighted by Crippen LogP contribution is -2.63. The van der Waals surface area contributed by atoms with Crippen molar-refractivity contribution in [1.82, 2.24) is 9.88 Å². The lowest BCUT2D eigenvalue weighted by atomic mass is 9.79. The number of thioether (sulfide) groups is 1. The number of carboxylic acids is 1. The molecular weight excluding hydrogens is 398 g/mol. The molecule has 2 aliphatic rings. The average Bonchev–Trinajstić information content (AvgIpc) is 3.18. The molecule has 2 aliphatic heterocycles. The molecule has 7 nitrogen and oxygen atoms in total. The van der Waals surface area contributed by atoms with Crippen LogP contribution in [0, 0.1) is 11.8 Å². The fourth-order valence-corrected chi connectivity index (χ4v) is 6.03. The van der Waals surface area contributed by atoms with Crippen molar-refractivity contribution in [3.05, 3.63) is 40.5 Å². The van der Waals surface area contributed by atoms with Crippen molar-refractivity contribution >= 4 is 35.0 Å². The number of hydrogen-bond donors (Lipinski definition) is 2. The van der Waals surface area contributed by atoms with Crippen molar-refractivity contribution in [2.45, 2.75) is 30.3 Å². The van der Waals surface area contributed by atoms with E-state index in [1.165, 1.54) is 28.0 Å². The number of carbonyl (C=O) groups is 2. The number of amides is 1. The third-order valence-electron chi connectivity index (χ3n) is 5.23. The number of hydrogen-bond acceptors (Lipinski definition) is 6. The third-order valence-corrected chi connectivity index (χ3v) is 7.45. The summed E-state index contributed by atoms with van der Waals surface area (Å²) in [6.45, 7) is 3.48. The first-order valence-corrected chi connectivity index (χ1v) is 10.6. The average molecular weight is 419 g/mol. The van der Waals surface area contributed by atoms with Crippen LogP contribution in [0.25, 0.3) is 11.3 Å². The highest BCUT2D eigenvalue weighted by Crippen LogP contribution is 2.52. The molecular formula is C19H20N3O4S2+. The number of pyridine rings is 1. The van der Waals surface area contributed by atoms with Gasteiger partial charge in [-0.3, -0.25) is 4.79 Å². The topological polar surface area (TPSA) is 94.6 Å². The fraction of sp³-hybridized carbons (Fsp3) is 0.368. The molecule has 1 amide bonds. The second-order valence-electron chi connectivity index (χ2n) is 7.13. The maximum Gasteiger partial charge on any atom is 0.353 e. The van der Waals surface area contributed by atoms with Gasteiger partial charge in [0.1, 0.15) is 12.7 Å². The molecule has 0 spiro atoms. The highest BCUT2D eigenvalue weighted by atomic mass is 32.2. The molecule has 0 aromatic carbocycles. The van der Waals surface area contributed by atoms with Crippen LogP contribution in [-0.4, -0.2) is 44.1 Å². The van der Waals surface area contributed by atoms with Gasteiger partial charge in [-0.1, -0.05) is 18.7 Å². The van der Waals surface area contributed by atoms with Crippen molar-refractivity contribution < 1.29 is 24.4 Å². The minimum atomic E-state index is -1.12. The van der Waals surface area contributed by atoms with E-state index in [2.05, 4.69) is 4.98 Å². The summed E-state index contributed by atoms with van der Waals surface area (Å²) in [7, 11) is 1.94. The number of aliphatic hydroxyl groups excluding tert-OH is 1. The Bertz CT molecular complexity index is 1000. The lowest BCUT2D eigenvalue weighted by molar-refractivity contribution is -0.671. The molecule has 1 saturated heterocycles. The normalized spacial score (nSPS) is 24.9. The Hall–Kier alpha value is -2.23. The zero-order valence-electron chi connectivity index (χ0n) is 15.6. The van der Waals surface area contributed by atoms with Gasteiger partial charge in [-0.25, -0.2) is 14.3 Å². The third kappa shape index (κ3) is 2.94. The van der Waals surface area contributed by atoms with Gasteiger partial charge in [0.15, 0.2) is 16.7 Å². The number of aryl methyl sites for hydroxylation is 1. The highest BCUT2D eigenvalue weighted by molar-refractivity contribution is 8.04. The van der Waals surface area contributed by atoms with E-state index in [1.807, 2.05) is 48.4 Å². The van der Waals surface area contributed by atoms with E-state index in [9.17, 15) is 19.8 Å². The fourth-order valence-electron chi connectivity index (χ4n) is 3.93. The Morgan fingerprint density at radius 3 is 2.86 bits per heavy atom. The summed E-state index contributed by atoms with van der Waals surface area (Å²) >= 11 is 2.75. The number of aliphatic carboxylic acids is 1. The van der Waals surface area contributed by atoms with Gasteiger partial charge in [-0.2, -0.15) is 0 Å². The minimum absolute atomic E-state index is 0.0206. The molecule has 2 N–H and O–H groups in total. The molecule has 2 aromatic heterocycles. The summed E-state index contributed by atoms with van der Waals surface area (Å²) in [6, 6.07) is 3.61. The van der Waals surface area contributed by atoms with Gasteiger partial charge in [-0.15, -0.1) is 11.3 Å². The van der Waals surface area contributed by atoms with Crippen LogP contribution in [0.1, 0.15) is 13.8 Å². The monoisotopic (exact) mass is 418 g/mol. The minimum Gasteiger partial charge on any atom is -0.477 e. The van der Waals surface area contributed by atoms with Crippen molar-refractivity contribution in [2.75, 3.05) is 0 Å². The van der Waals surface area contributed by atoms with E-state index in [-0.39, 0.29) is 23.6 Å². The predicted octanol–water partition coefficient (Wildman–Crippen LogP) is 1.88. The molecule has 146 valence electrons. The number of carbonyl (C=O) groups excluding carboxylic acids is 1.